The first-order valence-corrected chi connectivity index (χ1v) is 8.85. The number of hydrogen-bond acceptors (Lipinski definition) is 5. The zero-order chi connectivity index (χ0) is 14.0. The van der Waals surface area contributed by atoms with Crippen molar-refractivity contribution >= 4 is 33.6 Å². The average molecular weight is 308 g/mol. The molecule has 0 aromatic carbocycles. The standard InChI is InChI=1S/C10H16N2O5S2/c13-9(14)8-5-18-6-12(8)10(15)11-4-7-2-1-3-19(7,16)17/h7-8H,1-6H2,(H,11,15)(H,13,14). The number of nitrogens with zero attached hydrogens (tertiary/aromatic N) is 1. The first-order valence-electron chi connectivity index (χ1n) is 5.98. The molecule has 19 heavy (non-hydrogen) atoms. The molecule has 0 aliphatic carbocycles. The molecule has 2 saturated heterocycles. The fraction of sp³-hybridized carbons (Fsp3) is 0.800. The van der Waals surface area contributed by atoms with Crippen molar-refractivity contribution in [1.82, 2.24) is 10.2 Å². The quantitative estimate of drug-likeness (QED) is 0.744. The van der Waals surface area contributed by atoms with Gasteiger partial charge in [0, 0.05) is 12.3 Å². The highest BCUT2D eigenvalue weighted by atomic mass is 32.2. The molecule has 2 amide bonds. The van der Waals surface area contributed by atoms with E-state index < -0.39 is 33.1 Å². The Morgan fingerprint density at radius 2 is 2.16 bits per heavy atom. The summed E-state index contributed by atoms with van der Waals surface area (Å²) in [6, 6.07) is -1.33. The minimum atomic E-state index is -3.09. The third-order valence-electron chi connectivity index (χ3n) is 3.37. The van der Waals surface area contributed by atoms with Crippen LogP contribution in [0.1, 0.15) is 12.8 Å². The maximum Gasteiger partial charge on any atom is 0.327 e. The van der Waals surface area contributed by atoms with Gasteiger partial charge in [0.15, 0.2) is 9.84 Å². The van der Waals surface area contributed by atoms with Gasteiger partial charge in [-0.1, -0.05) is 0 Å². The van der Waals surface area contributed by atoms with Gasteiger partial charge in [-0.05, 0) is 12.8 Å². The van der Waals surface area contributed by atoms with E-state index in [-0.39, 0.29) is 12.3 Å². The van der Waals surface area contributed by atoms with Crippen molar-refractivity contribution < 1.29 is 23.1 Å². The Morgan fingerprint density at radius 1 is 1.42 bits per heavy atom. The summed E-state index contributed by atoms with van der Waals surface area (Å²) < 4.78 is 23.2. The Morgan fingerprint density at radius 3 is 2.74 bits per heavy atom. The molecule has 7 nitrogen and oxygen atoms in total. The molecule has 2 unspecified atom stereocenters. The van der Waals surface area contributed by atoms with Crippen molar-refractivity contribution in [2.24, 2.45) is 0 Å². The Balaban J connectivity index is 1.89. The number of nitrogens with one attached hydrogen (secondary N) is 1. The monoisotopic (exact) mass is 308 g/mol. The number of thioether (sulfide) groups is 1. The van der Waals surface area contributed by atoms with Gasteiger partial charge >= 0.3 is 12.0 Å². The van der Waals surface area contributed by atoms with Gasteiger partial charge in [-0.2, -0.15) is 0 Å². The van der Waals surface area contributed by atoms with Gasteiger partial charge in [0.05, 0.1) is 16.9 Å². The van der Waals surface area contributed by atoms with E-state index in [9.17, 15) is 18.0 Å². The maximum atomic E-state index is 11.9. The van der Waals surface area contributed by atoms with Crippen LogP contribution in [0.25, 0.3) is 0 Å². The molecule has 0 bridgehead atoms. The zero-order valence-electron chi connectivity index (χ0n) is 10.2. The summed E-state index contributed by atoms with van der Waals surface area (Å²) in [5.74, 6) is -0.177. The van der Waals surface area contributed by atoms with E-state index in [0.29, 0.717) is 24.5 Å². The molecule has 0 saturated carbocycles. The number of carboxylic acid groups (broad SMARTS) is 1. The number of aliphatic carboxylic acids is 1. The Kier molecular flexibility index (Phi) is 4.24. The SMILES string of the molecule is O=C(O)C1CSCN1C(=O)NCC1CCCS1(=O)=O. The second-order valence-electron chi connectivity index (χ2n) is 4.64. The average Bonchev–Trinajstić information content (AvgIpc) is 2.92. The number of amides is 2. The lowest BCUT2D eigenvalue weighted by Gasteiger charge is -2.21. The van der Waals surface area contributed by atoms with E-state index in [1.54, 1.807) is 0 Å². The molecule has 9 heteroatoms. The summed E-state index contributed by atoms with van der Waals surface area (Å²) in [7, 11) is -3.09. The summed E-state index contributed by atoms with van der Waals surface area (Å²) >= 11 is 1.37. The maximum absolute atomic E-state index is 11.9. The third-order valence-corrected chi connectivity index (χ3v) is 6.66. The van der Waals surface area contributed by atoms with Crippen LogP contribution in [0.5, 0.6) is 0 Å². The van der Waals surface area contributed by atoms with Crippen molar-refractivity contribution in [3.8, 4) is 0 Å². The van der Waals surface area contributed by atoms with Crippen LogP contribution in [0.3, 0.4) is 0 Å². The number of carbonyl (C=O) groups is 2. The lowest BCUT2D eigenvalue weighted by molar-refractivity contribution is -0.140. The summed E-state index contributed by atoms with van der Waals surface area (Å²) in [6.45, 7) is 0.0642. The highest BCUT2D eigenvalue weighted by molar-refractivity contribution is 7.99. The van der Waals surface area contributed by atoms with Crippen LogP contribution < -0.4 is 5.32 Å². The summed E-state index contributed by atoms with van der Waals surface area (Å²) in [4.78, 5) is 24.1. The minimum absolute atomic E-state index is 0.0642. The van der Waals surface area contributed by atoms with Crippen molar-refractivity contribution in [3.05, 3.63) is 0 Å². The van der Waals surface area contributed by atoms with Gasteiger partial charge in [-0.3, -0.25) is 0 Å². The van der Waals surface area contributed by atoms with Crippen LogP contribution in [-0.2, 0) is 14.6 Å². The van der Waals surface area contributed by atoms with E-state index in [4.69, 9.17) is 5.11 Å². The normalized spacial score (nSPS) is 29.4. The molecule has 2 aliphatic rings. The smallest absolute Gasteiger partial charge is 0.327 e. The Hall–Kier alpha value is -0.960. The lowest BCUT2D eigenvalue weighted by atomic mass is 10.2. The van der Waals surface area contributed by atoms with Crippen LogP contribution in [-0.4, -0.2) is 65.6 Å². The van der Waals surface area contributed by atoms with Crippen molar-refractivity contribution in [3.63, 3.8) is 0 Å². The lowest BCUT2D eigenvalue weighted by Crippen LogP contribution is -2.48. The second kappa shape index (κ2) is 5.58. The number of carbonyl (C=O) groups excluding carboxylic acids is 1. The Bertz CT molecular complexity index is 478. The van der Waals surface area contributed by atoms with E-state index in [1.165, 1.54) is 16.7 Å². The van der Waals surface area contributed by atoms with Gasteiger partial charge in [0.2, 0.25) is 0 Å². The van der Waals surface area contributed by atoms with Gasteiger partial charge in [0.1, 0.15) is 6.04 Å². The van der Waals surface area contributed by atoms with Gasteiger partial charge in [0.25, 0.3) is 0 Å². The van der Waals surface area contributed by atoms with E-state index in [2.05, 4.69) is 5.32 Å². The minimum Gasteiger partial charge on any atom is -0.480 e. The molecule has 108 valence electrons. The predicted octanol–water partition coefficient (Wildman–Crippen LogP) is -0.267. The first kappa shape index (κ1) is 14.4. The van der Waals surface area contributed by atoms with Crippen molar-refractivity contribution in [2.75, 3.05) is 23.9 Å². The fourth-order valence-electron chi connectivity index (χ4n) is 2.24. The van der Waals surface area contributed by atoms with Gasteiger partial charge < -0.3 is 15.3 Å². The third kappa shape index (κ3) is 3.14. The molecule has 0 aromatic rings. The number of hydrogen-bond donors (Lipinski definition) is 2. The largest absolute Gasteiger partial charge is 0.480 e. The highest BCUT2D eigenvalue weighted by Crippen LogP contribution is 2.22. The molecule has 2 fully saturated rings. The molecule has 2 heterocycles. The topological polar surface area (TPSA) is 104 Å². The second-order valence-corrected chi connectivity index (χ2v) is 8.04. The molecule has 2 atom stereocenters. The summed E-state index contributed by atoms with van der Waals surface area (Å²) in [6.07, 6.45) is 1.18. The summed E-state index contributed by atoms with van der Waals surface area (Å²) in [5.41, 5.74) is 0. The zero-order valence-corrected chi connectivity index (χ0v) is 11.9. The summed E-state index contributed by atoms with van der Waals surface area (Å²) in [5, 5.41) is 11.0. The van der Waals surface area contributed by atoms with Crippen LogP contribution in [0.2, 0.25) is 0 Å². The number of rotatable bonds is 3. The van der Waals surface area contributed by atoms with Crippen LogP contribution >= 0.6 is 11.8 Å². The molecular formula is C10H16N2O5S2. The van der Waals surface area contributed by atoms with Crippen LogP contribution in [0.4, 0.5) is 4.79 Å². The van der Waals surface area contributed by atoms with Crippen molar-refractivity contribution in [2.45, 2.75) is 24.1 Å². The fourth-order valence-corrected chi connectivity index (χ4v) is 5.15. The number of carboxylic acids is 1. The molecule has 2 N–H and O–H groups in total. The molecule has 2 rings (SSSR count). The van der Waals surface area contributed by atoms with E-state index in [1.807, 2.05) is 0 Å². The van der Waals surface area contributed by atoms with Crippen molar-refractivity contribution in [1.29, 1.82) is 0 Å². The van der Waals surface area contributed by atoms with Gasteiger partial charge in [-0.15, -0.1) is 11.8 Å². The molecule has 0 aromatic heterocycles. The molecule has 0 radical (unpaired) electrons. The highest BCUT2D eigenvalue weighted by Gasteiger charge is 2.36. The first-order chi connectivity index (χ1) is 8.92. The van der Waals surface area contributed by atoms with E-state index >= 15 is 0 Å². The molecule has 2 aliphatic heterocycles. The Labute approximate surface area is 115 Å². The predicted molar refractivity (Wildman–Crippen MR) is 70.8 cm³/mol. The van der Waals surface area contributed by atoms with Crippen LogP contribution in [0, 0.1) is 0 Å². The van der Waals surface area contributed by atoms with Gasteiger partial charge in [-0.25, -0.2) is 18.0 Å². The van der Waals surface area contributed by atoms with Crippen LogP contribution in [0.15, 0.2) is 0 Å². The number of urea groups is 1. The molecular weight excluding hydrogens is 292 g/mol. The number of sulfone groups is 1. The van der Waals surface area contributed by atoms with E-state index in [0.717, 1.165) is 0 Å². The molecule has 0 spiro atoms.